The van der Waals surface area contributed by atoms with Gasteiger partial charge in [0.15, 0.2) is 0 Å². The van der Waals surface area contributed by atoms with Gasteiger partial charge in [0.1, 0.15) is 24.4 Å². The molecule has 0 saturated carbocycles. The van der Waals surface area contributed by atoms with Gasteiger partial charge in [-0.1, -0.05) is 60.2 Å². The average molecular weight is 465 g/mol. The zero-order chi connectivity index (χ0) is 24.2. The Morgan fingerprint density at radius 1 is 0.943 bits per heavy atom. The maximum atomic E-state index is 13.0. The summed E-state index contributed by atoms with van der Waals surface area (Å²) in [6, 6.07) is 26.8. The molecule has 2 aromatic heterocycles. The minimum absolute atomic E-state index is 0.105. The summed E-state index contributed by atoms with van der Waals surface area (Å²) in [5.74, 6) is 0.409. The lowest BCUT2D eigenvalue weighted by Crippen LogP contribution is -2.28. The third-order valence-electron chi connectivity index (χ3n) is 5.65. The monoisotopic (exact) mass is 464 g/mol. The Bertz CT molecular complexity index is 1520. The van der Waals surface area contributed by atoms with Crippen molar-refractivity contribution >= 4 is 17.1 Å². The van der Waals surface area contributed by atoms with Crippen LogP contribution < -0.4 is 15.6 Å². The second-order valence-electron chi connectivity index (χ2n) is 8.30. The van der Waals surface area contributed by atoms with Gasteiger partial charge in [0.2, 0.25) is 5.91 Å². The third-order valence-corrected chi connectivity index (χ3v) is 5.65. The van der Waals surface area contributed by atoms with E-state index in [2.05, 4.69) is 10.4 Å². The summed E-state index contributed by atoms with van der Waals surface area (Å²) in [5, 5.41) is 7.32. The van der Waals surface area contributed by atoms with E-state index in [0.717, 1.165) is 16.7 Å². The molecule has 0 atom stereocenters. The Hall–Kier alpha value is -4.65. The van der Waals surface area contributed by atoms with E-state index in [0.29, 0.717) is 29.3 Å². The molecule has 1 N–H and O–H groups in total. The Labute approximate surface area is 202 Å². The molecule has 5 aromatic rings. The van der Waals surface area contributed by atoms with Gasteiger partial charge in [0.05, 0.1) is 5.69 Å². The number of anilines is 1. The van der Waals surface area contributed by atoms with Gasteiger partial charge < -0.3 is 14.6 Å². The fourth-order valence-corrected chi connectivity index (χ4v) is 3.75. The Morgan fingerprint density at radius 2 is 1.69 bits per heavy atom. The second kappa shape index (κ2) is 9.69. The van der Waals surface area contributed by atoms with Crippen LogP contribution in [0.3, 0.4) is 0 Å². The largest absolute Gasteiger partial charge is 0.489 e. The minimum atomic E-state index is -0.298. The fourth-order valence-electron chi connectivity index (χ4n) is 3.75. The van der Waals surface area contributed by atoms with E-state index < -0.39 is 0 Å². The molecule has 7 heteroatoms. The van der Waals surface area contributed by atoms with Crippen LogP contribution in [-0.4, -0.2) is 20.1 Å². The average Bonchev–Trinajstić information content (AvgIpc) is 3.32. The molecule has 0 aliphatic carbocycles. The SMILES string of the molecule is Cc1ccc(-c2cc3c(=O)n(CC(=O)Nc4ccc(OCc5ccccc5)cc4)ccn3n2)cc1. The predicted molar refractivity (Wildman–Crippen MR) is 135 cm³/mol. The van der Waals surface area contributed by atoms with Crippen molar-refractivity contribution in [2.45, 2.75) is 20.1 Å². The number of aromatic nitrogens is 3. The number of ether oxygens (including phenoxy) is 1. The van der Waals surface area contributed by atoms with Crippen LogP contribution in [0.5, 0.6) is 5.75 Å². The Morgan fingerprint density at radius 3 is 2.43 bits per heavy atom. The fraction of sp³-hybridized carbons (Fsp3) is 0.107. The van der Waals surface area contributed by atoms with Crippen molar-refractivity contribution in [3.8, 4) is 17.0 Å². The van der Waals surface area contributed by atoms with Gasteiger partial charge in [0.25, 0.3) is 5.56 Å². The van der Waals surface area contributed by atoms with Gasteiger partial charge in [-0.2, -0.15) is 5.10 Å². The maximum Gasteiger partial charge on any atom is 0.277 e. The molecule has 0 aliphatic heterocycles. The van der Waals surface area contributed by atoms with Gasteiger partial charge in [0, 0.05) is 23.6 Å². The molecule has 0 fully saturated rings. The molecule has 174 valence electrons. The summed E-state index contributed by atoms with van der Waals surface area (Å²) in [7, 11) is 0. The first kappa shape index (κ1) is 22.2. The normalized spacial score (nSPS) is 10.9. The predicted octanol–water partition coefficient (Wildman–Crippen LogP) is 4.69. The molecule has 2 heterocycles. The van der Waals surface area contributed by atoms with E-state index in [1.54, 1.807) is 47.2 Å². The summed E-state index contributed by atoms with van der Waals surface area (Å²) in [6.45, 7) is 2.39. The number of hydrogen-bond donors (Lipinski definition) is 1. The molecule has 0 radical (unpaired) electrons. The standard InChI is InChI=1S/C28H24N4O3/c1-20-7-9-22(10-8-20)25-17-26-28(34)31(15-16-32(26)30-25)18-27(33)29-23-11-13-24(14-12-23)35-19-21-5-3-2-4-6-21/h2-17H,18-19H2,1H3,(H,29,33). The zero-order valence-corrected chi connectivity index (χ0v) is 19.2. The molecular formula is C28H24N4O3. The van der Waals surface area contributed by atoms with Gasteiger partial charge in [-0.25, -0.2) is 4.52 Å². The first-order valence-electron chi connectivity index (χ1n) is 11.3. The molecular weight excluding hydrogens is 440 g/mol. The maximum absolute atomic E-state index is 13.0. The van der Waals surface area contributed by atoms with Crippen LogP contribution in [0.4, 0.5) is 5.69 Å². The topological polar surface area (TPSA) is 77.6 Å². The summed E-state index contributed by atoms with van der Waals surface area (Å²) >= 11 is 0. The van der Waals surface area contributed by atoms with Crippen LogP contribution in [-0.2, 0) is 17.9 Å². The van der Waals surface area contributed by atoms with E-state index in [4.69, 9.17) is 4.74 Å². The van der Waals surface area contributed by atoms with Gasteiger partial charge in [-0.05, 0) is 42.8 Å². The second-order valence-corrected chi connectivity index (χ2v) is 8.30. The van der Waals surface area contributed by atoms with E-state index in [-0.39, 0.29) is 18.0 Å². The molecule has 7 nitrogen and oxygen atoms in total. The number of hydrogen-bond acceptors (Lipinski definition) is 4. The molecule has 35 heavy (non-hydrogen) atoms. The summed E-state index contributed by atoms with van der Waals surface area (Å²) in [6.07, 6.45) is 3.25. The molecule has 0 aliphatic rings. The van der Waals surface area contributed by atoms with Crippen molar-refractivity contribution in [2.75, 3.05) is 5.32 Å². The first-order valence-corrected chi connectivity index (χ1v) is 11.3. The van der Waals surface area contributed by atoms with Crippen molar-refractivity contribution in [2.24, 2.45) is 0 Å². The minimum Gasteiger partial charge on any atom is -0.489 e. The number of aryl methyl sites for hydroxylation is 1. The van der Waals surface area contributed by atoms with Crippen molar-refractivity contribution in [1.82, 2.24) is 14.2 Å². The highest BCUT2D eigenvalue weighted by Gasteiger charge is 2.11. The van der Waals surface area contributed by atoms with Gasteiger partial charge in [-0.3, -0.25) is 9.59 Å². The van der Waals surface area contributed by atoms with Crippen LogP contribution in [0.15, 0.2) is 102 Å². The van der Waals surface area contributed by atoms with Crippen LogP contribution in [0, 0.1) is 6.92 Å². The van der Waals surface area contributed by atoms with Crippen molar-refractivity contribution in [3.63, 3.8) is 0 Å². The zero-order valence-electron chi connectivity index (χ0n) is 19.2. The molecule has 5 rings (SSSR count). The number of carbonyl (C=O) groups excluding carboxylic acids is 1. The highest BCUT2D eigenvalue weighted by molar-refractivity contribution is 5.90. The third kappa shape index (κ3) is 5.14. The van der Waals surface area contributed by atoms with Crippen LogP contribution in [0.1, 0.15) is 11.1 Å². The first-order chi connectivity index (χ1) is 17.0. The number of rotatable bonds is 7. The number of nitrogens with zero attached hydrogens (tertiary/aromatic N) is 3. The van der Waals surface area contributed by atoms with Gasteiger partial charge >= 0.3 is 0 Å². The lowest BCUT2D eigenvalue weighted by molar-refractivity contribution is -0.116. The summed E-state index contributed by atoms with van der Waals surface area (Å²) in [4.78, 5) is 25.6. The number of nitrogens with one attached hydrogen (secondary N) is 1. The van der Waals surface area contributed by atoms with Crippen LogP contribution >= 0.6 is 0 Å². The molecule has 0 saturated heterocycles. The molecule has 3 aromatic carbocycles. The number of amides is 1. The smallest absolute Gasteiger partial charge is 0.277 e. The number of benzene rings is 3. The highest BCUT2D eigenvalue weighted by Crippen LogP contribution is 2.19. The quantitative estimate of drug-likeness (QED) is 0.379. The summed E-state index contributed by atoms with van der Waals surface area (Å²) in [5.41, 5.74) is 4.63. The van der Waals surface area contributed by atoms with Gasteiger partial charge in [-0.15, -0.1) is 0 Å². The number of fused-ring (bicyclic) bond motifs is 1. The van der Waals surface area contributed by atoms with E-state index >= 15 is 0 Å². The van der Waals surface area contributed by atoms with E-state index in [1.807, 2.05) is 61.5 Å². The molecule has 0 bridgehead atoms. The van der Waals surface area contributed by atoms with Crippen LogP contribution in [0.2, 0.25) is 0 Å². The van der Waals surface area contributed by atoms with Crippen LogP contribution in [0.25, 0.3) is 16.8 Å². The highest BCUT2D eigenvalue weighted by atomic mass is 16.5. The van der Waals surface area contributed by atoms with Crippen molar-refractivity contribution in [1.29, 1.82) is 0 Å². The molecule has 1 amide bonds. The van der Waals surface area contributed by atoms with Crippen molar-refractivity contribution in [3.05, 3.63) is 119 Å². The summed E-state index contributed by atoms with van der Waals surface area (Å²) < 4.78 is 8.70. The lowest BCUT2D eigenvalue weighted by atomic mass is 10.1. The van der Waals surface area contributed by atoms with Crippen molar-refractivity contribution < 1.29 is 9.53 Å². The van der Waals surface area contributed by atoms with E-state index in [9.17, 15) is 9.59 Å². The Kier molecular flexibility index (Phi) is 6.13. The Balaban J connectivity index is 1.24. The lowest BCUT2D eigenvalue weighted by Gasteiger charge is -2.09. The van der Waals surface area contributed by atoms with E-state index in [1.165, 1.54) is 4.57 Å². The molecule has 0 unspecified atom stereocenters. The molecule has 0 spiro atoms. The number of carbonyl (C=O) groups is 1.